The van der Waals surface area contributed by atoms with E-state index in [1.54, 1.807) is 32.2 Å². The van der Waals surface area contributed by atoms with Crippen LogP contribution in [0.15, 0.2) is 18.2 Å². The molecule has 0 amide bonds. The van der Waals surface area contributed by atoms with Crippen LogP contribution in [0.3, 0.4) is 0 Å². The fraction of sp³-hybridized carbons (Fsp3) is 0.364. The lowest BCUT2D eigenvalue weighted by molar-refractivity contribution is -0.194. The van der Waals surface area contributed by atoms with E-state index in [4.69, 9.17) is 18.9 Å². The molecule has 0 spiro atoms. The Hall–Kier alpha value is -1.91. The zero-order valence-corrected chi connectivity index (χ0v) is 9.06. The molecule has 0 fully saturated rings. The molecule has 0 radical (unpaired) electrons. The molecule has 86 valence electrons. The van der Waals surface area contributed by atoms with Gasteiger partial charge in [-0.15, -0.1) is 0 Å². The first-order valence-corrected chi connectivity index (χ1v) is 4.78. The number of rotatable bonds is 3. The van der Waals surface area contributed by atoms with Crippen LogP contribution in [0.5, 0.6) is 17.2 Å². The first-order chi connectivity index (χ1) is 7.67. The van der Waals surface area contributed by atoms with E-state index >= 15 is 0 Å². The average Bonchev–Trinajstić information content (AvgIpc) is 2.28. The Morgan fingerprint density at radius 3 is 2.94 bits per heavy atom. The summed E-state index contributed by atoms with van der Waals surface area (Å²) in [5.41, 5.74) is 0. The molecule has 1 aromatic carbocycles. The zero-order valence-electron chi connectivity index (χ0n) is 9.06. The summed E-state index contributed by atoms with van der Waals surface area (Å²) in [6.07, 6.45) is 0. The van der Waals surface area contributed by atoms with Crippen LogP contribution in [-0.4, -0.2) is 26.0 Å². The molecule has 0 aromatic heterocycles. The first-order valence-electron chi connectivity index (χ1n) is 4.78. The van der Waals surface area contributed by atoms with E-state index in [2.05, 4.69) is 0 Å². The molecule has 0 aliphatic carbocycles. The maximum Gasteiger partial charge on any atom is 0.296 e. The summed E-state index contributed by atoms with van der Waals surface area (Å²) in [5, 5.41) is 0. The van der Waals surface area contributed by atoms with Gasteiger partial charge in [-0.1, -0.05) is 0 Å². The highest BCUT2D eigenvalue weighted by Gasteiger charge is 2.35. The minimum atomic E-state index is -1.07. The monoisotopic (exact) mass is 224 g/mol. The van der Waals surface area contributed by atoms with Gasteiger partial charge in [0.05, 0.1) is 7.11 Å². The number of fused-ring (bicyclic) bond motifs is 1. The van der Waals surface area contributed by atoms with Crippen molar-refractivity contribution in [2.75, 3.05) is 13.7 Å². The van der Waals surface area contributed by atoms with E-state index in [1.807, 2.05) is 0 Å². The molecule has 1 aliphatic heterocycles. The van der Waals surface area contributed by atoms with Crippen molar-refractivity contribution in [3.8, 4) is 17.2 Å². The molecule has 1 aliphatic rings. The van der Waals surface area contributed by atoms with Gasteiger partial charge in [-0.3, -0.25) is 4.79 Å². The van der Waals surface area contributed by atoms with Gasteiger partial charge in [0.2, 0.25) is 0 Å². The van der Waals surface area contributed by atoms with Crippen LogP contribution in [0.4, 0.5) is 0 Å². The Morgan fingerprint density at radius 1 is 1.44 bits per heavy atom. The molecular formula is C11H12O5. The standard InChI is InChI=1S/C11H12O5/c1-11(15-7-12)6-14-10-5-8(13-2)3-4-9(10)16-11/h3-5,7H,6H2,1-2H3. The van der Waals surface area contributed by atoms with Crippen molar-refractivity contribution >= 4 is 6.47 Å². The minimum absolute atomic E-state index is 0.145. The van der Waals surface area contributed by atoms with Crippen molar-refractivity contribution in [2.45, 2.75) is 12.7 Å². The molecule has 0 saturated heterocycles. The number of benzene rings is 1. The number of carbonyl (C=O) groups excluding carboxylic acids is 1. The lowest BCUT2D eigenvalue weighted by Crippen LogP contribution is -2.44. The van der Waals surface area contributed by atoms with Crippen molar-refractivity contribution in [1.29, 1.82) is 0 Å². The summed E-state index contributed by atoms with van der Waals surface area (Å²) < 4.78 is 20.9. The fourth-order valence-corrected chi connectivity index (χ4v) is 1.44. The molecule has 1 aromatic rings. The van der Waals surface area contributed by atoms with Gasteiger partial charge in [0, 0.05) is 13.0 Å². The van der Waals surface area contributed by atoms with Crippen LogP contribution in [0.1, 0.15) is 6.92 Å². The average molecular weight is 224 g/mol. The molecule has 16 heavy (non-hydrogen) atoms. The highest BCUT2D eigenvalue weighted by Crippen LogP contribution is 2.37. The summed E-state index contributed by atoms with van der Waals surface area (Å²) in [4.78, 5) is 10.3. The largest absolute Gasteiger partial charge is 0.497 e. The predicted octanol–water partition coefficient (Wildman–Crippen LogP) is 1.36. The summed E-state index contributed by atoms with van der Waals surface area (Å²) in [6.45, 7) is 2.12. The highest BCUT2D eigenvalue weighted by molar-refractivity contribution is 5.47. The fourth-order valence-electron chi connectivity index (χ4n) is 1.44. The summed E-state index contributed by atoms with van der Waals surface area (Å²) in [6, 6.07) is 5.17. The molecule has 0 N–H and O–H groups in total. The molecule has 2 rings (SSSR count). The second-order valence-corrected chi connectivity index (χ2v) is 3.55. The molecule has 0 saturated carbocycles. The van der Waals surface area contributed by atoms with E-state index in [-0.39, 0.29) is 6.61 Å². The van der Waals surface area contributed by atoms with Crippen LogP contribution in [-0.2, 0) is 9.53 Å². The lowest BCUT2D eigenvalue weighted by atomic mass is 10.2. The second-order valence-electron chi connectivity index (χ2n) is 3.55. The Morgan fingerprint density at radius 2 is 2.25 bits per heavy atom. The van der Waals surface area contributed by atoms with Crippen LogP contribution in [0.2, 0.25) is 0 Å². The molecule has 1 heterocycles. The topological polar surface area (TPSA) is 54.0 Å². The zero-order chi connectivity index (χ0) is 11.6. The van der Waals surface area contributed by atoms with Gasteiger partial charge < -0.3 is 18.9 Å². The van der Waals surface area contributed by atoms with Crippen molar-refractivity contribution < 1.29 is 23.7 Å². The van der Waals surface area contributed by atoms with Crippen LogP contribution in [0, 0.1) is 0 Å². The molecule has 1 atom stereocenters. The van der Waals surface area contributed by atoms with Crippen LogP contribution >= 0.6 is 0 Å². The van der Waals surface area contributed by atoms with Crippen molar-refractivity contribution in [3.05, 3.63) is 18.2 Å². The van der Waals surface area contributed by atoms with E-state index < -0.39 is 5.79 Å². The Balaban J connectivity index is 2.24. The predicted molar refractivity (Wildman–Crippen MR) is 54.7 cm³/mol. The normalized spacial score (nSPS) is 22.4. The smallest absolute Gasteiger partial charge is 0.296 e. The molecular weight excluding hydrogens is 212 g/mol. The number of methoxy groups -OCH3 is 1. The minimum Gasteiger partial charge on any atom is -0.497 e. The van der Waals surface area contributed by atoms with Gasteiger partial charge in [0.1, 0.15) is 5.75 Å². The third-order valence-electron chi connectivity index (χ3n) is 2.26. The highest BCUT2D eigenvalue weighted by atomic mass is 16.7. The molecule has 1 unspecified atom stereocenters. The van der Waals surface area contributed by atoms with Crippen molar-refractivity contribution in [1.82, 2.24) is 0 Å². The van der Waals surface area contributed by atoms with E-state index in [0.717, 1.165) is 0 Å². The summed E-state index contributed by atoms with van der Waals surface area (Å²) in [5.74, 6) is 0.716. The Kier molecular flexibility index (Phi) is 2.60. The first kappa shape index (κ1) is 10.6. The maximum absolute atomic E-state index is 10.3. The Bertz CT molecular complexity index is 403. The number of ether oxygens (including phenoxy) is 4. The van der Waals surface area contributed by atoms with Crippen LogP contribution < -0.4 is 14.2 Å². The number of hydrogen-bond donors (Lipinski definition) is 0. The van der Waals surface area contributed by atoms with E-state index in [1.165, 1.54) is 0 Å². The second kappa shape index (κ2) is 3.92. The number of carbonyl (C=O) groups is 1. The third kappa shape index (κ3) is 1.88. The summed E-state index contributed by atoms with van der Waals surface area (Å²) in [7, 11) is 1.57. The number of hydrogen-bond acceptors (Lipinski definition) is 5. The lowest BCUT2D eigenvalue weighted by Gasteiger charge is -2.33. The third-order valence-corrected chi connectivity index (χ3v) is 2.26. The van der Waals surface area contributed by atoms with E-state index in [0.29, 0.717) is 23.7 Å². The molecule has 5 nitrogen and oxygen atoms in total. The maximum atomic E-state index is 10.3. The van der Waals surface area contributed by atoms with Gasteiger partial charge in [0.25, 0.3) is 12.3 Å². The van der Waals surface area contributed by atoms with Gasteiger partial charge in [-0.05, 0) is 12.1 Å². The summed E-state index contributed by atoms with van der Waals surface area (Å²) >= 11 is 0. The molecule has 0 bridgehead atoms. The quantitative estimate of drug-likeness (QED) is 0.725. The SMILES string of the molecule is COc1ccc2c(c1)OCC(C)(OC=O)O2. The van der Waals surface area contributed by atoms with Gasteiger partial charge in [-0.2, -0.15) is 0 Å². The van der Waals surface area contributed by atoms with Gasteiger partial charge >= 0.3 is 0 Å². The van der Waals surface area contributed by atoms with Crippen molar-refractivity contribution in [3.63, 3.8) is 0 Å². The Labute approximate surface area is 92.9 Å². The van der Waals surface area contributed by atoms with E-state index in [9.17, 15) is 4.79 Å². The van der Waals surface area contributed by atoms with Gasteiger partial charge in [0.15, 0.2) is 18.1 Å². The molecule has 5 heteroatoms. The van der Waals surface area contributed by atoms with Gasteiger partial charge in [-0.25, -0.2) is 0 Å². The van der Waals surface area contributed by atoms with Crippen molar-refractivity contribution in [2.24, 2.45) is 0 Å². The van der Waals surface area contributed by atoms with Crippen LogP contribution in [0.25, 0.3) is 0 Å².